The first-order chi connectivity index (χ1) is 11.6. The summed E-state index contributed by atoms with van der Waals surface area (Å²) in [6.07, 6.45) is 1.70. The van der Waals surface area contributed by atoms with E-state index in [0.29, 0.717) is 18.9 Å². The quantitative estimate of drug-likeness (QED) is 0.675. The fraction of sp³-hybridized carbons (Fsp3) is 0.235. The lowest BCUT2D eigenvalue weighted by Gasteiger charge is -2.12. The lowest BCUT2D eigenvalue weighted by atomic mass is 10.2. The Labute approximate surface area is 144 Å². The molecule has 0 unspecified atom stereocenters. The predicted molar refractivity (Wildman–Crippen MR) is 99.0 cm³/mol. The molecule has 0 radical (unpaired) electrons. The molecule has 0 saturated carbocycles. The number of aromatic nitrogens is 2. The van der Waals surface area contributed by atoms with Crippen molar-refractivity contribution in [3.63, 3.8) is 0 Å². The van der Waals surface area contributed by atoms with E-state index >= 15 is 0 Å². The second-order valence-electron chi connectivity index (χ2n) is 5.52. The van der Waals surface area contributed by atoms with Gasteiger partial charge in [-0.25, -0.2) is 0 Å². The molecule has 3 aromatic rings. The summed E-state index contributed by atoms with van der Waals surface area (Å²) >= 11 is 1.50. The zero-order valence-electron chi connectivity index (χ0n) is 13.6. The minimum absolute atomic E-state index is 0.0499. The van der Waals surface area contributed by atoms with Crippen molar-refractivity contribution in [3.05, 3.63) is 47.5 Å². The van der Waals surface area contributed by atoms with E-state index in [2.05, 4.69) is 20.8 Å². The smallest absolute Gasteiger partial charge is 0.261 e. The molecule has 2 N–H and O–H groups in total. The highest BCUT2D eigenvalue weighted by molar-refractivity contribution is 7.20. The van der Waals surface area contributed by atoms with Gasteiger partial charge in [-0.15, -0.1) is 16.4 Å². The standard InChI is InChI=1S/C17H19N5OS/c1-22(2)13-10-16(21-20-11-13)18-7-8-19-17(23)15-9-12-5-3-4-6-14(12)24-15/h3-6,9-11H,7-8H2,1-2H3,(H,18,21)(H,19,23). The number of benzene rings is 1. The highest BCUT2D eigenvalue weighted by Crippen LogP contribution is 2.24. The lowest BCUT2D eigenvalue weighted by Crippen LogP contribution is -2.28. The van der Waals surface area contributed by atoms with Crippen LogP contribution in [0, 0.1) is 0 Å². The average molecular weight is 341 g/mol. The van der Waals surface area contributed by atoms with Gasteiger partial charge in [0.2, 0.25) is 0 Å². The van der Waals surface area contributed by atoms with Crippen molar-refractivity contribution in [2.24, 2.45) is 0 Å². The third-order valence-corrected chi connectivity index (χ3v) is 4.64. The Morgan fingerprint density at radius 1 is 1.21 bits per heavy atom. The number of thiophene rings is 1. The number of hydrogen-bond donors (Lipinski definition) is 2. The highest BCUT2D eigenvalue weighted by Gasteiger charge is 2.09. The maximum atomic E-state index is 12.2. The first-order valence-electron chi connectivity index (χ1n) is 7.64. The van der Waals surface area contributed by atoms with Crippen LogP contribution in [0.15, 0.2) is 42.6 Å². The molecule has 24 heavy (non-hydrogen) atoms. The summed E-state index contributed by atoms with van der Waals surface area (Å²) in [6, 6.07) is 11.8. The molecule has 7 heteroatoms. The van der Waals surface area contributed by atoms with Crippen LogP contribution in [-0.2, 0) is 0 Å². The molecular formula is C17H19N5OS. The van der Waals surface area contributed by atoms with Crippen molar-refractivity contribution in [1.82, 2.24) is 15.5 Å². The Bertz CT molecular complexity index is 813. The Balaban J connectivity index is 1.51. The summed E-state index contributed by atoms with van der Waals surface area (Å²) in [4.78, 5) is 14.9. The van der Waals surface area contributed by atoms with Gasteiger partial charge in [0.15, 0.2) is 5.82 Å². The molecule has 0 aliphatic heterocycles. The Kier molecular flexibility index (Phi) is 4.90. The van der Waals surface area contributed by atoms with E-state index in [-0.39, 0.29) is 5.91 Å². The van der Waals surface area contributed by atoms with Crippen LogP contribution in [0.3, 0.4) is 0 Å². The topological polar surface area (TPSA) is 70.2 Å². The molecule has 0 fully saturated rings. The maximum Gasteiger partial charge on any atom is 0.261 e. The summed E-state index contributed by atoms with van der Waals surface area (Å²) < 4.78 is 1.12. The number of carbonyl (C=O) groups excluding carboxylic acids is 1. The van der Waals surface area contributed by atoms with Gasteiger partial charge < -0.3 is 15.5 Å². The second-order valence-corrected chi connectivity index (χ2v) is 6.61. The molecule has 6 nitrogen and oxygen atoms in total. The van der Waals surface area contributed by atoms with Gasteiger partial charge in [0.1, 0.15) is 0 Å². The molecular weight excluding hydrogens is 322 g/mol. The first kappa shape index (κ1) is 16.2. The molecule has 2 heterocycles. The predicted octanol–water partition coefficient (Wildman–Crippen LogP) is 2.60. The molecule has 0 aliphatic carbocycles. The number of rotatable bonds is 6. The zero-order valence-corrected chi connectivity index (χ0v) is 14.4. The third-order valence-electron chi connectivity index (χ3n) is 3.52. The molecule has 0 bridgehead atoms. The summed E-state index contributed by atoms with van der Waals surface area (Å²) in [5.74, 6) is 0.642. The van der Waals surface area contributed by atoms with Gasteiger partial charge in [-0.2, -0.15) is 5.10 Å². The summed E-state index contributed by atoms with van der Waals surface area (Å²) in [6.45, 7) is 1.10. The number of nitrogens with one attached hydrogen (secondary N) is 2. The van der Waals surface area contributed by atoms with Crippen molar-refractivity contribution in [1.29, 1.82) is 0 Å². The third kappa shape index (κ3) is 3.80. The number of carbonyl (C=O) groups is 1. The SMILES string of the molecule is CN(C)c1cnnc(NCCNC(=O)c2cc3ccccc3s2)c1. The van der Waals surface area contributed by atoms with Crippen LogP contribution in [0.4, 0.5) is 11.5 Å². The monoisotopic (exact) mass is 341 g/mol. The van der Waals surface area contributed by atoms with Gasteiger partial charge in [0, 0.05) is 38.0 Å². The molecule has 0 atom stereocenters. The molecule has 3 rings (SSSR count). The molecule has 2 aromatic heterocycles. The fourth-order valence-corrected chi connectivity index (χ4v) is 3.21. The van der Waals surface area contributed by atoms with Gasteiger partial charge in [-0.1, -0.05) is 18.2 Å². The number of nitrogens with zero attached hydrogens (tertiary/aromatic N) is 3. The Morgan fingerprint density at radius 3 is 2.83 bits per heavy atom. The molecule has 1 aromatic carbocycles. The van der Waals surface area contributed by atoms with E-state index in [9.17, 15) is 4.79 Å². The molecule has 124 valence electrons. The summed E-state index contributed by atoms with van der Waals surface area (Å²) in [7, 11) is 3.90. The van der Waals surface area contributed by atoms with E-state index in [1.807, 2.05) is 55.4 Å². The minimum atomic E-state index is -0.0499. The van der Waals surface area contributed by atoms with E-state index in [1.165, 1.54) is 11.3 Å². The van der Waals surface area contributed by atoms with Gasteiger partial charge in [0.25, 0.3) is 5.91 Å². The van der Waals surface area contributed by atoms with E-state index in [0.717, 1.165) is 20.7 Å². The lowest BCUT2D eigenvalue weighted by molar-refractivity contribution is 0.0959. The van der Waals surface area contributed by atoms with Crippen LogP contribution in [-0.4, -0.2) is 43.3 Å². The van der Waals surface area contributed by atoms with E-state index in [4.69, 9.17) is 0 Å². The second kappa shape index (κ2) is 7.27. The van der Waals surface area contributed by atoms with Crippen LogP contribution in [0.1, 0.15) is 9.67 Å². The molecule has 1 amide bonds. The largest absolute Gasteiger partial charge is 0.376 e. The molecule has 0 saturated heterocycles. The van der Waals surface area contributed by atoms with Gasteiger partial charge in [0.05, 0.1) is 16.8 Å². The van der Waals surface area contributed by atoms with Crippen LogP contribution < -0.4 is 15.5 Å². The fourth-order valence-electron chi connectivity index (χ4n) is 2.23. The molecule has 0 spiro atoms. The highest BCUT2D eigenvalue weighted by atomic mass is 32.1. The normalized spacial score (nSPS) is 10.6. The van der Waals surface area contributed by atoms with Crippen LogP contribution in [0.25, 0.3) is 10.1 Å². The van der Waals surface area contributed by atoms with Crippen molar-refractivity contribution < 1.29 is 4.79 Å². The molecule has 0 aliphatic rings. The van der Waals surface area contributed by atoms with Crippen LogP contribution >= 0.6 is 11.3 Å². The zero-order chi connectivity index (χ0) is 16.9. The number of amides is 1. The van der Waals surface area contributed by atoms with Crippen LogP contribution in [0.2, 0.25) is 0 Å². The van der Waals surface area contributed by atoms with Crippen molar-refractivity contribution in [2.45, 2.75) is 0 Å². The van der Waals surface area contributed by atoms with Gasteiger partial charge >= 0.3 is 0 Å². The van der Waals surface area contributed by atoms with Gasteiger partial charge in [-0.3, -0.25) is 4.79 Å². The number of fused-ring (bicyclic) bond motifs is 1. The van der Waals surface area contributed by atoms with Gasteiger partial charge in [-0.05, 0) is 17.5 Å². The number of anilines is 2. The first-order valence-corrected chi connectivity index (χ1v) is 8.46. The Hall–Kier alpha value is -2.67. The van der Waals surface area contributed by atoms with E-state index < -0.39 is 0 Å². The van der Waals surface area contributed by atoms with Crippen molar-refractivity contribution >= 4 is 38.8 Å². The minimum Gasteiger partial charge on any atom is -0.376 e. The number of hydrogen-bond acceptors (Lipinski definition) is 6. The van der Waals surface area contributed by atoms with Crippen LogP contribution in [0.5, 0.6) is 0 Å². The Morgan fingerprint density at radius 2 is 2.04 bits per heavy atom. The van der Waals surface area contributed by atoms with Crippen molar-refractivity contribution in [2.75, 3.05) is 37.4 Å². The average Bonchev–Trinajstić information content (AvgIpc) is 3.03. The summed E-state index contributed by atoms with van der Waals surface area (Å²) in [5, 5.41) is 15.2. The maximum absolute atomic E-state index is 12.2. The summed E-state index contributed by atoms with van der Waals surface area (Å²) in [5.41, 5.74) is 0.974. The van der Waals surface area contributed by atoms with E-state index in [1.54, 1.807) is 6.20 Å². The van der Waals surface area contributed by atoms with Crippen molar-refractivity contribution in [3.8, 4) is 0 Å².